The lowest BCUT2D eigenvalue weighted by molar-refractivity contribution is -0.154. The highest BCUT2D eigenvalue weighted by atomic mass is 16.7. The molecular weight excluding hydrogens is 540 g/mol. The highest BCUT2D eigenvalue weighted by molar-refractivity contribution is 5.98. The van der Waals surface area contributed by atoms with Crippen LogP contribution in [0, 0.1) is 17.8 Å². The molecule has 0 spiro atoms. The van der Waals surface area contributed by atoms with Crippen LogP contribution in [0.1, 0.15) is 70.4 Å². The molecule has 2 unspecified atom stereocenters. The predicted octanol–water partition coefficient (Wildman–Crippen LogP) is 4.99. The number of pyridine rings is 1. The Bertz CT molecular complexity index is 1120. The van der Waals surface area contributed by atoms with Crippen molar-refractivity contribution in [2.45, 2.75) is 73.0 Å². The first-order valence-electron chi connectivity index (χ1n) is 14.5. The Morgan fingerprint density at radius 3 is 2.40 bits per heavy atom. The van der Waals surface area contributed by atoms with E-state index in [1.807, 2.05) is 25.1 Å². The molecule has 1 aromatic heterocycles. The van der Waals surface area contributed by atoms with Crippen molar-refractivity contribution in [2.24, 2.45) is 17.8 Å². The summed E-state index contributed by atoms with van der Waals surface area (Å²) in [5.41, 5.74) is 1.04. The molecule has 1 N–H and O–H groups in total. The Hall–Kier alpha value is -3.66. The van der Waals surface area contributed by atoms with Gasteiger partial charge in [-0.3, -0.25) is 9.59 Å². The average molecular weight is 587 g/mol. The standard InChI is InChI=1S/C27H34N2O8.C5H12/c1-17(2)26(31)36-16-35-24-22(33-4)10-11-28-23(24)25(30)29-21-15-34-14-20(12-18(3)37-27(21)32)13-19-8-6-5-7-9-19;1-4-5(2)3/h5-11,17-18,20-21H,12-16H2,1-4H3,(H,29,30);5H,4H2,1-3H3/t18?,20?,21-;/m0./s1. The summed E-state index contributed by atoms with van der Waals surface area (Å²) in [6.07, 6.45) is 3.74. The molecule has 0 saturated carbocycles. The number of rotatable bonds is 10. The number of hydrogen-bond acceptors (Lipinski definition) is 9. The highest BCUT2D eigenvalue weighted by Crippen LogP contribution is 2.30. The van der Waals surface area contributed by atoms with Crippen LogP contribution in [0.5, 0.6) is 11.5 Å². The zero-order valence-corrected chi connectivity index (χ0v) is 25.9. The Balaban J connectivity index is 0.00000113. The monoisotopic (exact) mass is 586 g/mol. The van der Waals surface area contributed by atoms with Gasteiger partial charge in [-0.05, 0) is 37.2 Å². The summed E-state index contributed by atoms with van der Waals surface area (Å²) in [5, 5.41) is 2.63. The van der Waals surface area contributed by atoms with Gasteiger partial charge in [-0.2, -0.15) is 0 Å². The lowest BCUT2D eigenvalue weighted by Crippen LogP contribution is -2.45. The van der Waals surface area contributed by atoms with Crippen molar-refractivity contribution < 1.29 is 38.1 Å². The van der Waals surface area contributed by atoms with Crippen molar-refractivity contribution in [3.05, 3.63) is 53.9 Å². The fraction of sp³-hybridized carbons (Fsp3) is 0.562. The SMILES string of the molecule is CCC(C)C.COc1ccnc(C(=O)N[C@H]2COCC(Cc3ccccc3)CC(C)OC2=O)c1OCOC(=O)C(C)C. The maximum Gasteiger partial charge on any atom is 0.331 e. The molecule has 42 heavy (non-hydrogen) atoms. The van der Waals surface area contributed by atoms with E-state index < -0.39 is 30.7 Å². The molecule has 0 radical (unpaired) electrons. The zero-order chi connectivity index (χ0) is 31.1. The molecule has 0 aliphatic carbocycles. The first kappa shape index (κ1) is 34.5. The minimum atomic E-state index is -1.05. The van der Waals surface area contributed by atoms with E-state index in [1.165, 1.54) is 31.4 Å². The smallest absolute Gasteiger partial charge is 0.331 e. The highest BCUT2D eigenvalue weighted by Gasteiger charge is 2.30. The van der Waals surface area contributed by atoms with Crippen molar-refractivity contribution in [1.29, 1.82) is 0 Å². The number of cyclic esters (lactones) is 1. The van der Waals surface area contributed by atoms with E-state index in [9.17, 15) is 14.4 Å². The minimum absolute atomic E-state index is 0.0206. The van der Waals surface area contributed by atoms with Crippen molar-refractivity contribution in [3.8, 4) is 11.5 Å². The van der Waals surface area contributed by atoms with Crippen LogP contribution < -0.4 is 14.8 Å². The van der Waals surface area contributed by atoms with Gasteiger partial charge in [0.1, 0.15) is 0 Å². The summed E-state index contributed by atoms with van der Waals surface area (Å²) in [6, 6.07) is 10.5. The third kappa shape index (κ3) is 11.7. The Labute approximate surface area is 249 Å². The first-order valence-corrected chi connectivity index (χ1v) is 14.5. The summed E-state index contributed by atoms with van der Waals surface area (Å²) >= 11 is 0. The molecule has 2 aromatic rings. The molecule has 232 valence electrons. The van der Waals surface area contributed by atoms with E-state index in [0.717, 1.165) is 12.3 Å². The lowest BCUT2D eigenvalue weighted by Gasteiger charge is -2.20. The van der Waals surface area contributed by atoms with E-state index in [0.29, 0.717) is 13.0 Å². The van der Waals surface area contributed by atoms with Gasteiger partial charge in [0.25, 0.3) is 5.91 Å². The number of benzene rings is 1. The van der Waals surface area contributed by atoms with Crippen LogP contribution in [-0.4, -0.2) is 62.1 Å². The number of amides is 1. The minimum Gasteiger partial charge on any atom is -0.493 e. The average Bonchev–Trinajstić information content (AvgIpc) is 3.02. The molecule has 1 aliphatic rings. The second-order valence-corrected chi connectivity index (χ2v) is 11.0. The van der Waals surface area contributed by atoms with Crippen LogP contribution in [-0.2, 0) is 30.2 Å². The van der Waals surface area contributed by atoms with E-state index in [-0.39, 0.29) is 41.7 Å². The molecule has 1 aromatic carbocycles. The Morgan fingerprint density at radius 2 is 1.79 bits per heavy atom. The van der Waals surface area contributed by atoms with Crippen LogP contribution >= 0.6 is 0 Å². The van der Waals surface area contributed by atoms with Gasteiger partial charge in [-0.1, -0.05) is 71.4 Å². The number of nitrogens with zero attached hydrogens (tertiary/aromatic N) is 1. The van der Waals surface area contributed by atoms with Crippen LogP contribution in [0.4, 0.5) is 0 Å². The number of carbonyl (C=O) groups excluding carboxylic acids is 3. The summed E-state index contributed by atoms with van der Waals surface area (Å²) in [5.74, 6) is -0.868. The molecule has 3 rings (SSSR count). The van der Waals surface area contributed by atoms with E-state index in [1.54, 1.807) is 13.8 Å². The number of methoxy groups -OCH3 is 1. The molecule has 0 bridgehead atoms. The van der Waals surface area contributed by atoms with Gasteiger partial charge in [0, 0.05) is 18.9 Å². The predicted molar refractivity (Wildman–Crippen MR) is 158 cm³/mol. The molecule has 1 fully saturated rings. The van der Waals surface area contributed by atoms with E-state index in [2.05, 4.69) is 43.2 Å². The molecule has 2 heterocycles. The van der Waals surface area contributed by atoms with Crippen LogP contribution in [0.25, 0.3) is 0 Å². The molecule has 1 aliphatic heterocycles. The summed E-state index contributed by atoms with van der Waals surface area (Å²) in [6.45, 7) is 11.8. The summed E-state index contributed by atoms with van der Waals surface area (Å²) < 4.78 is 27.3. The molecule has 1 amide bonds. The quantitative estimate of drug-likeness (QED) is 0.303. The number of esters is 2. The number of nitrogens with one attached hydrogen (secondary N) is 1. The van der Waals surface area contributed by atoms with Gasteiger partial charge in [0.05, 0.1) is 25.7 Å². The third-order valence-corrected chi connectivity index (χ3v) is 6.57. The normalized spacial score (nSPS) is 18.9. The van der Waals surface area contributed by atoms with Crippen molar-refractivity contribution >= 4 is 17.8 Å². The Morgan fingerprint density at radius 1 is 1.10 bits per heavy atom. The van der Waals surface area contributed by atoms with Crippen molar-refractivity contribution in [1.82, 2.24) is 10.3 Å². The van der Waals surface area contributed by atoms with Crippen LogP contribution in [0.15, 0.2) is 42.6 Å². The second-order valence-electron chi connectivity index (χ2n) is 11.0. The van der Waals surface area contributed by atoms with Gasteiger partial charge in [0.15, 0.2) is 23.2 Å². The summed E-state index contributed by atoms with van der Waals surface area (Å²) in [7, 11) is 1.40. The fourth-order valence-electron chi connectivity index (χ4n) is 3.91. The maximum atomic E-state index is 13.1. The van der Waals surface area contributed by atoms with Crippen LogP contribution in [0.3, 0.4) is 0 Å². The van der Waals surface area contributed by atoms with Crippen LogP contribution in [0.2, 0.25) is 0 Å². The van der Waals surface area contributed by atoms with E-state index >= 15 is 0 Å². The van der Waals surface area contributed by atoms with E-state index in [4.69, 9.17) is 23.7 Å². The Kier molecular flexibility index (Phi) is 14.8. The number of ether oxygens (including phenoxy) is 5. The zero-order valence-electron chi connectivity index (χ0n) is 25.9. The largest absolute Gasteiger partial charge is 0.493 e. The van der Waals surface area contributed by atoms with Crippen molar-refractivity contribution in [2.75, 3.05) is 27.1 Å². The van der Waals surface area contributed by atoms with Gasteiger partial charge >= 0.3 is 11.9 Å². The lowest BCUT2D eigenvalue weighted by atomic mass is 9.95. The molecule has 10 heteroatoms. The first-order chi connectivity index (χ1) is 20.0. The van der Waals surface area contributed by atoms with Gasteiger partial charge in [-0.15, -0.1) is 0 Å². The topological polar surface area (TPSA) is 122 Å². The maximum absolute atomic E-state index is 13.1. The van der Waals surface area contributed by atoms with Gasteiger partial charge in [0.2, 0.25) is 6.79 Å². The molecule has 10 nitrogen and oxygen atoms in total. The molecule has 1 saturated heterocycles. The number of aromatic nitrogens is 1. The number of hydrogen-bond donors (Lipinski definition) is 1. The van der Waals surface area contributed by atoms with Crippen molar-refractivity contribution in [3.63, 3.8) is 0 Å². The molecule has 3 atom stereocenters. The fourth-order valence-corrected chi connectivity index (χ4v) is 3.91. The van der Waals surface area contributed by atoms with Gasteiger partial charge in [-0.25, -0.2) is 9.78 Å². The second kappa shape index (κ2) is 18.0. The number of carbonyl (C=O) groups is 3. The molecular formula is C32H46N2O8. The van der Waals surface area contributed by atoms with Gasteiger partial charge < -0.3 is 29.0 Å². The third-order valence-electron chi connectivity index (χ3n) is 6.57. The summed E-state index contributed by atoms with van der Waals surface area (Å²) in [4.78, 5) is 41.8.